The molecule has 4 rings (SSSR count). The summed E-state index contributed by atoms with van der Waals surface area (Å²) in [6.07, 6.45) is 0. The lowest BCUT2D eigenvalue weighted by atomic mass is 9.77. The van der Waals surface area contributed by atoms with E-state index in [0.717, 1.165) is 16.7 Å². The van der Waals surface area contributed by atoms with Crippen LogP contribution in [0, 0.1) is 0 Å². The third-order valence-corrected chi connectivity index (χ3v) is 6.02. The smallest absolute Gasteiger partial charge is 0.362 e. The summed E-state index contributed by atoms with van der Waals surface area (Å²) < 4.78 is 5.01. The molecule has 7 nitrogen and oxygen atoms in total. The third kappa shape index (κ3) is 4.68. The Morgan fingerprint density at radius 3 is 1.88 bits per heavy atom. The highest BCUT2D eigenvalue weighted by molar-refractivity contribution is 7.14. The van der Waals surface area contributed by atoms with Crippen molar-refractivity contribution in [2.45, 2.75) is 12.5 Å². The zero-order valence-electron chi connectivity index (χ0n) is 18.4. The van der Waals surface area contributed by atoms with Gasteiger partial charge in [-0.25, -0.2) is 14.8 Å². The van der Waals surface area contributed by atoms with Crippen molar-refractivity contribution in [3.05, 3.63) is 119 Å². The molecule has 8 heteroatoms. The molecule has 0 aliphatic heterocycles. The molecule has 0 aliphatic carbocycles. The molecule has 1 aromatic heterocycles. The molecule has 172 valence electrons. The summed E-state index contributed by atoms with van der Waals surface area (Å²) >= 11 is 1.30. The molecule has 0 bridgehead atoms. The number of thiazole rings is 1. The minimum atomic E-state index is -0.770. The van der Waals surface area contributed by atoms with Crippen LogP contribution in [0.1, 0.15) is 29.3 Å². The monoisotopic (exact) mass is 473 g/mol. The van der Waals surface area contributed by atoms with E-state index in [2.05, 4.69) is 56.8 Å². The van der Waals surface area contributed by atoms with Gasteiger partial charge < -0.3 is 10.1 Å². The first-order valence-electron chi connectivity index (χ1n) is 10.7. The molecule has 0 aliphatic rings. The number of ether oxygens (including phenoxy) is 1. The summed E-state index contributed by atoms with van der Waals surface area (Å²) in [5.74, 6) is -0.742. The summed E-state index contributed by atoms with van der Waals surface area (Å²) in [4.78, 5) is 20.7. The second-order valence-corrected chi connectivity index (χ2v) is 8.11. The van der Waals surface area contributed by atoms with Crippen LogP contribution in [-0.2, 0) is 20.1 Å². The van der Waals surface area contributed by atoms with Crippen LogP contribution < -0.4 is 5.32 Å². The van der Waals surface area contributed by atoms with Gasteiger partial charge in [-0.15, -0.1) is 11.3 Å². The molecule has 1 heterocycles. The molecule has 0 unspecified atom stereocenters. The topological polar surface area (TPSA) is 93.0 Å². The summed E-state index contributed by atoms with van der Waals surface area (Å²) in [6, 6.07) is 30.3. The summed E-state index contributed by atoms with van der Waals surface area (Å²) in [7, 11) is 0. The van der Waals surface area contributed by atoms with E-state index in [4.69, 9.17) is 9.99 Å². The first-order chi connectivity index (χ1) is 16.7. The molecule has 0 spiro atoms. The third-order valence-electron chi connectivity index (χ3n) is 5.26. The van der Waals surface area contributed by atoms with Crippen LogP contribution in [0.2, 0.25) is 0 Å². The van der Waals surface area contributed by atoms with Crippen LogP contribution in [0.15, 0.2) is 102 Å². The van der Waals surface area contributed by atoms with Crippen molar-refractivity contribution in [2.24, 2.45) is 5.16 Å². The maximum atomic E-state index is 12.3. The maximum absolute atomic E-state index is 12.3. The normalized spacial score (nSPS) is 11.6. The highest BCUT2D eigenvalue weighted by Gasteiger charge is 2.37. The molecule has 0 fully saturated rings. The zero-order chi connectivity index (χ0) is 23.8. The van der Waals surface area contributed by atoms with E-state index in [1.165, 1.54) is 11.3 Å². The largest absolute Gasteiger partial charge is 0.461 e. The molecule has 0 saturated carbocycles. The molecule has 34 heavy (non-hydrogen) atoms. The fourth-order valence-corrected chi connectivity index (χ4v) is 4.56. The summed E-state index contributed by atoms with van der Waals surface area (Å²) in [5, 5.41) is 18.1. The fourth-order valence-electron chi connectivity index (χ4n) is 3.81. The van der Waals surface area contributed by atoms with Crippen LogP contribution >= 0.6 is 11.3 Å². The van der Waals surface area contributed by atoms with E-state index in [9.17, 15) is 4.79 Å². The number of oxime groups is 1. The standard InChI is InChI=1S/C26H23N3O4S/c1-2-32-24(30)23(29-33-31)22-18-34-25(27-22)28-26(19-12-6-3-7-13-19,20-14-8-4-9-15-20)21-16-10-5-11-17-21/h3-18,31H,2H2,1H3,(H,27,28)/b29-23-. The number of esters is 1. The van der Waals surface area contributed by atoms with Gasteiger partial charge in [-0.1, -0.05) is 91.0 Å². The van der Waals surface area contributed by atoms with Gasteiger partial charge in [0.15, 0.2) is 5.13 Å². The second-order valence-electron chi connectivity index (χ2n) is 7.25. The van der Waals surface area contributed by atoms with Gasteiger partial charge >= 0.3 is 5.97 Å². The zero-order valence-corrected chi connectivity index (χ0v) is 19.2. The van der Waals surface area contributed by atoms with Gasteiger partial charge in [0.2, 0.25) is 5.71 Å². The van der Waals surface area contributed by atoms with Crippen molar-refractivity contribution >= 4 is 28.1 Å². The quantitative estimate of drug-likeness (QED) is 0.113. The van der Waals surface area contributed by atoms with Crippen LogP contribution in [0.5, 0.6) is 0 Å². The number of aromatic nitrogens is 1. The molecule has 0 saturated heterocycles. The summed E-state index contributed by atoms with van der Waals surface area (Å²) in [6.45, 7) is 1.83. The Kier molecular flexibility index (Phi) is 7.31. The number of anilines is 1. The molecule has 0 atom stereocenters. The van der Waals surface area contributed by atoms with Crippen molar-refractivity contribution in [3.8, 4) is 0 Å². The average Bonchev–Trinajstić information content (AvgIpc) is 3.35. The predicted octanol–water partition coefficient (Wildman–Crippen LogP) is 5.30. The van der Waals surface area contributed by atoms with Gasteiger partial charge in [-0.3, -0.25) is 0 Å². The van der Waals surface area contributed by atoms with Crippen LogP contribution in [0.25, 0.3) is 0 Å². The molecule has 2 N–H and O–H groups in total. The number of rotatable bonds is 9. The Morgan fingerprint density at radius 2 is 1.44 bits per heavy atom. The van der Waals surface area contributed by atoms with E-state index in [0.29, 0.717) is 5.13 Å². The number of hydrogen-bond acceptors (Lipinski definition) is 8. The molecule has 0 radical (unpaired) electrons. The highest BCUT2D eigenvalue weighted by Crippen LogP contribution is 2.40. The Bertz CT molecular complexity index is 1150. The van der Waals surface area contributed by atoms with Gasteiger partial charge in [-0.2, -0.15) is 5.26 Å². The van der Waals surface area contributed by atoms with E-state index in [1.807, 2.05) is 54.6 Å². The van der Waals surface area contributed by atoms with E-state index < -0.39 is 11.5 Å². The van der Waals surface area contributed by atoms with E-state index in [-0.39, 0.29) is 18.0 Å². The van der Waals surface area contributed by atoms with Gasteiger partial charge in [0, 0.05) is 5.38 Å². The number of hydrogen-bond donors (Lipinski definition) is 2. The van der Waals surface area contributed by atoms with Gasteiger partial charge in [0.25, 0.3) is 0 Å². The van der Waals surface area contributed by atoms with E-state index >= 15 is 0 Å². The molecule has 4 aromatic rings. The number of nitrogens with zero attached hydrogens (tertiary/aromatic N) is 2. The Labute approximate surface area is 201 Å². The van der Waals surface area contributed by atoms with Crippen LogP contribution in [0.3, 0.4) is 0 Å². The van der Waals surface area contributed by atoms with Gasteiger partial charge in [0.05, 0.1) is 6.61 Å². The maximum Gasteiger partial charge on any atom is 0.362 e. The van der Waals surface area contributed by atoms with E-state index in [1.54, 1.807) is 12.3 Å². The van der Waals surface area contributed by atoms with Crippen LogP contribution in [-0.4, -0.2) is 28.5 Å². The molecule has 3 aromatic carbocycles. The Balaban J connectivity index is 1.85. The lowest BCUT2D eigenvalue weighted by Crippen LogP contribution is -2.38. The summed E-state index contributed by atoms with van der Waals surface area (Å²) in [5.41, 5.74) is 2.28. The molecular weight excluding hydrogens is 450 g/mol. The van der Waals surface area contributed by atoms with Crippen molar-refractivity contribution in [1.29, 1.82) is 0 Å². The lowest BCUT2D eigenvalue weighted by molar-refractivity contribution is -0.243. The number of benzene rings is 3. The SMILES string of the molecule is CCOC(=O)/C(=N\OO)c1csc(NC(c2ccccc2)(c2ccccc2)c2ccccc2)n1. The average molecular weight is 474 g/mol. The Hall–Kier alpha value is -4.01. The number of carbonyl (C=O) groups excluding carboxylic acids is 1. The fraction of sp³-hybridized carbons (Fsp3) is 0.115. The van der Waals surface area contributed by atoms with Gasteiger partial charge in [0.1, 0.15) is 11.2 Å². The second kappa shape index (κ2) is 10.7. The highest BCUT2D eigenvalue weighted by atomic mass is 32.1. The minimum Gasteiger partial charge on any atom is -0.461 e. The Morgan fingerprint density at radius 1 is 0.941 bits per heavy atom. The first kappa shape index (κ1) is 23.2. The van der Waals surface area contributed by atoms with Gasteiger partial charge in [-0.05, 0) is 28.8 Å². The minimum absolute atomic E-state index is 0.150. The van der Waals surface area contributed by atoms with Crippen molar-refractivity contribution in [2.75, 3.05) is 11.9 Å². The van der Waals surface area contributed by atoms with Crippen LogP contribution in [0.4, 0.5) is 5.13 Å². The first-order valence-corrected chi connectivity index (χ1v) is 11.5. The lowest BCUT2D eigenvalue weighted by Gasteiger charge is -2.36. The molecular formula is C26H23N3O4S. The predicted molar refractivity (Wildman–Crippen MR) is 132 cm³/mol. The van der Waals surface area contributed by atoms with Crippen molar-refractivity contribution < 1.29 is 19.8 Å². The number of nitrogens with one attached hydrogen (secondary N) is 1. The van der Waals surface area contributed by atoms with Crippen molar-refractivity contribution in [1.82, 2.24) is 4.98 Å². The number of carbonyl (C=O) groups is 1. The van der Waals surface area contributed by atoms with Crippen molar-refractivity contribution in [3.63, 3.8) is 0 Å². The molecule has 0 amide bonds.